The van der Waals surface area contributed by atoms with Gasteiger partial charge in [-0.05, 0) is 32.1 Å². The minimum absolute atomic E-state index is 0.133. The lowest BCUT2D eigenvalue weighted by molar-refractivity contribution is 0.136. The van der Waals surface area contributed by atoms with Crippen molar-refractivity contribution in [3.05, 3.63) is 28.8 Å². The first-order chi connectivity index (χ1) is 10.7. The van der Waals surface area contributed by atoms with Gasteiger partial charge in [-0.3, -0.25) is 0 Å². The summed E-state index contributed by atoms with van der Waals surface area (Å²) in [6, 6.07) is 0. The van der Waals surface area contributed by atoms with Gasteiger partial charge in [-0.25, -0.2) is 18.7 Å². The molecule has 2 aromatic heterocycles. The van der Waals surface area contributed by atoms with Crippen LogP contribution in [-0.4, -0.2) is 20.1 Å². The minimum atomic E-state index is -2.72. The molecule has 8 heteroatoms. The van der Waals surface area contributed by atoms with Crippen LogP contribution in [0.5, 0.6) is 0 Å². The zero-order valence-corrected chi connectivity index (χ0v) is 11.9. The van der Waals surface area contributed by atoms with Crippen LogP contribution in [0, 0.1) is 0 Å². The van der Waals surface area contributed by atoms with Crippen molar-refractivity contribution in [2.45, 2.75) is 51.0 Å². The van der Waals surface area contributed by atoms with E-state index in [0.29, 0.717) is 5.92 Å². The molecule has 2 aliphatic carbocycles. The maximum Gasteiger partial charge on any atom is 0.300 e. The molecule has 22 heavy (non-hydrogen) atoms. The fourth-order valence-corrected chi connectivity index (χ4v) is 2.71. The lowest BCUT2D eigenvalue weighted by Gasteiger charge is -2.10. The first kappa shape index (κ1) is 13.5. The lowest BCUT2D eigenvalue weighted by atomic mass is 10.2. The number of fused-ring (bicyclic) bond motifs is 1. The maximum atomic E-state index is 12.4. The molecule has 0 aliphatic heterocycles. The molecule has 0 atom stereocenters. The Kier molecular flexibility index (Phi) is 3.24. The molecule has 0 radical (unpaired) electrons. The van der Waals surface area contributed by atoms with Gasteiger partial charge in [-0.15, -0.1) is 0 Å². The van der Waals surface area contributed by atoms with Gasteiger partial charge in [-0.2, -0.15) is 4.98 Å². The predicted molar refractivity (Wildman–Crippen MR) is 72.6 cm³/mol. The number of aromatic nitrogens is 4. The average Bonchev–Trinajstić information content (AvgIpc) is 3.06. The Balaban J connectivity index is 1.54. The third-order valence-corrected chi connectivity index (χ3v) is 3.98. The van der Waals surface area contributed by atoms with Gasteiger partial charge >= 0.3 is 6.43 Å². The van der Waals surface area contributed by atoms with Crippen LogP contribution in [0.3, 0.4) is 0 Å². The van der Waals surface area contributed by atoms with Crippen LogP contribution in [-0.2, 0) is 19.4 Å². The van der Waals surface area contributed by atoms with E-state index in [2.05, 4.69) is 25.4 Å². The molecule has 0 saturated heterocycles. The Morgan fingerprint density at radius 3 is 2.77 bits per heavy atom. The van der Waals surface area contributed by atoms with E-state index < -0.39 is 12.2 Å². The predicted octanol–water partition coefficient (Wildman–Crippen LogP) is 2.78. The summed E-state index contributed by atoms with van der Waals surface area (Å²) in [5, 5.41) is 6.39. The average molecular weight is 307 g/mol. The Morgan fingerprint density at radius 2 is 2.05 bits per heavy atom. The topological polar surface area (TPSA) is 76.7 Å². The standard InChI is InChI=1S/C14H15F2N5O/c15-11(16)14-19-10(22-21-14)6-17-13-8-2-1-3-9(8)18-12(20-13)7-4-5-7/h7,11H,1-6H2,(H,17,18,20). The van der Waals surface area contributed by atoms with Crippen LogP contribution < -0.4 is 5.32 Å². The quantitative estimate of drug-likeness (QED) is 0.915. The van der Waals surface area contributed by atoms with Crippen LogP contribution in [0.25, 0.3) is 0 Å². The van der Waals surface area contributed by atoms with Crippen molar-refractivity contribution >= 4 is 5.82 Å². The molecule has 0 unspecified atom stereocenters. The highest BCUT2D eigenvalue weighted by atomic mass is 19.3. The van der Waals surface area contributed by atoms with E-state index in [9.17, 15) is 8.78 Å². The molecular formula is C14H15F2N5O. The second-order valence-corrected chi connectivity index (χ2v) is 5.68. The number of hydrogen-bond acceptors (Lipinski definition) is 6. The molecule has 116 valence electrons. The SMILES string of the molecule is FC(F)c1noc(CNc2nc(C3CC3)nc3c2CCC3)n1. The summed E-state index contributed by atoms with van der Waals surface area (Å²) >= 11 is 0. The number of rotatable bonds is 5. The zero-order chi connectivity index (χ0) is 15.1. The van der Waals surface area contributed by atoms with Gasteiger partial charge in [0.25, 0.3) is 0 Å². The Labute approximate surface area is 125 Å². The second-order valence-electron chi connectivity index (χ2n) is 5.68. The summed E-state index contributed by atoms with van der Waals surface area (Å²) in [5.41, 5.74) is 2.23. The molecule has 1 fully saturated rings. The van der Waals surface area contributed by atoms with E-state index in [1.54, 1.807) is 0 Å². The molecule has 4 rings (SSSR count). The molecule has 0 spiro atoms. The van der Waals surface area contributed by atoms with Crippen LogP contribution in [0.1, 0.15) is 60.4 Å². The van der Waals surface area contributed by atoms with E-state index in [1.807, 2.05) is 0 Å². The van der Waals surface area contributed by atoms with E-state index >= 15 is 0 Å². The normalized spacial score (nSPS) is 17.0. The minimum Gasteiger partial charge on any atom is -0.361 e. The highest BCUT2D eigenvalue weighted by molar-refractivity contribution is 5.49. The molecule has 0 amide bonds. The van der Waals surface area contributed by atoms with Gasteiger partial charge in [0.1, 0.15) is 11.6 Å². The van der Waals surface area contributed by atoms with Crippen molar-refractivity contribution in [3.8, 4) is 0 Å². The summed E-state index contributed by atoms with van der Waals surface area (Å²) in [7, 11) is 0. The molecule has 1 saturated carbocycles. The zero-order valence-electron chi connectivity index (χ0n) is 11.9. The van der Waals surface area contributed by atoms with Crippen molar-refractivity contribution in [2.24, 2.45) is 0 Å². The Bertz CT molecular complexity index is 699. The smallest absolute Gasteiger partial charge is 0.300 e. The Morgan fingerprint density at radius 1 is 1.18 bits per heavy atom. The molecular weight excluding hydrogens is 292 g/mol. The van der Waals surface area contributed by atoms with E-state index in [1.165, 1.54) is 0 Å². The number of alkyl halides is 2. The summed E-state index contributed by atoms with van der Waals surface area (Å²) in [5.74, 6) is 1.69. The highest BCUT2D eigenvalue weighted by Crippen LogP contribution is 2.40. The Hall–Kier alpha value is -2.12. The van der Waals surface area contributed by atoms with Crippen molar-refractivity contribution in [3.63, 3.8) is 0 Å². The molecule has 1 N–H and O–H groups in total. The molecule has 0 aromatic carbocycles. The molecule has 0 bridgehead atoms. The summed E-state index contributed by atoms with van der Waals surface area (Å²) in [6.45, 7) is 0.188. The fourth-order valence-electron chi connectivity index (χ4n) is 2.71. The van der Waals surface area contributed by atoms with Crippen molar-refractivity contribution < 1.29 is 13.3 Å². The number of nitrogens with one attached hydrogen (secondary N) is 1. The second kappa shape index (κ2) is 5.26. The molecule has 2 heterocycles. The van der Waals surface area contributed by atoms with E-state index in [-0.39, 0.29) is 12.4 Å². The molecule has 2 aliphatic rings. The maximum absolute atomic E-state index is 12.4. The number of hydrogen-bond donors (Lipinski definition) is 1. The monoisotopic (exact) mass is 307 g/mol. The number of anilines is 1. The van der Waals surface area contributed by atoms with Gasteiger partial charge in [0, 0.05) is 17.2 Å². The van der Waals surface area contributed by atoms with Crippen molar-refractivity contribution in [1.29, 1.82) is 0 Å². The van der Waals surface area contributed by atoms with Crippen LogP contribution in [0.15, 0.2) is 4.52 Å². The van der Waals surface area contributed by atoms with Gasteiger partial charge in [-0.1, -0.05) is 5.16 Å². The summed E-state index contributed by atoms with van der Waals surface area (Å²) < 4.78 is 29.7. The molecule has 6 nitrogen and oxygen atoms in total. The fraction of sp³-hybridized carbons (Fsp3) is 0.571. The number of aryl methyl sites for hydroxylation is 1. The summed E-state index contributed by atoms with van der Waals surface area (Å²) in [4.78, 5) is 12.9. The van der Waals surface area contributed by atoms with Crippen molar-refractivity contribution in [1.82, 2.24) is 20.1 Å². The van der Waals surface area contributed by atoms with E-state index in [0.717, 1.165) is 55.0 Å². The van der Waals surface area contributed by atoms with Crippen LogP contribution in [0.2, 0.25) is 0 Å². The lowest BCUT2D eigenvalue weighted by Crippen LogP contribution is -2.09. The van der Waals surface area contributed by atoms with Crippen molar-refractivity contribution in [2.75, 3.05) is 5.32 Å². The first-order valence-corrected chi connectivity index (χ1v) is 7.45. The number of nitrogens with zero attached hydrogens (tertiary/aromatic N) is 4. The van der Waals surface area contributed by atoms with Gasteiger partial charge < -0.3 is 9.84 Å². The van der Waals surface area contributed by atoms with Gasteiger partial charge in [0.15, 0.2) is 0 Å². The highest BCUT2D eigenvalue weighted by Gasteiger charge is 2.29. The van der Waals surface area contributed by atoms with Crippen LogP contribution in [0.4, 0.5) is 14.6 Å². The van der Waals surface area contributed by atoms with Gasteiger partial charge in [0.2, 0.25) is 11.7 Å². The largest absolute Gasteiger partial charge is 0.361 e. The van der Waals surface area contributed by atoms with Crippen LogP contribution >= 0.6 is 0 Å². The van der Waals surface area contributed by atoms with E-state index in [4.69, 9.17) is 4.52 Å². The van der Waals surface area contributed by atoms with Gasteiger partial charge in [0.05, 0.1) is 6.54 Å². The molecule has 2 aromatic rings. The third kappa shape index (κ3) is 2.53. The number of halogens is 2. The summed E-state index contributed by atoms with van der Waals surface area (Å²) in [6.07, 6.45) is 2.54. The first-order valence-electron chi connectivity index (χ1n) is 7.45. The third-order valence-electron chi connectivity index (χ3n) is 3.98.